The minimum Gasteiger partial charge on any atom is -0.478 e. The van der Waals surface area contributed by atoms with Crippen molar-refractivity contribution in [2.75, 3.05) is 19.8 Å². The topological polar surface area (TPSA) is 180 Å². The van der Waals surface area contributed by atoms with Crippen LogP contribution in [0, 0.1) is 0 Å². The summed E-state index contributed by atoms with van der Waals surface area (Å²) in [5.74, 6) is -5.75. The SMILES string of the molecule is C=C(C)C(=O)CCCOC(=O)c1ccc(Oc2ccc(C(=O)O)c(C(=O)OCCOC(=O)C(=C)C)c2)cc1C(=O)O. The zero-order valence-electron chi connectivity index (χ0n) is 22.4. The molecule has 2 aromatic rings. The van der Waals surface area contributed by atoms with Gasteiger partial charge in [-0.1, -0.05) is 13.2 Å². The molecule has 0 aliphatic carbocycles. The van der Waals surface area contributed by atoms with Crippen LogP contribution in [0.25, 0.3) is 0 Å². The van der Waals surface area contributed by atoms with Crippen molar-refractivity contribution < 1.29 is 57.9 Å². The molecule has 12 nitrogen and oxygen atoms in total. The van der Waals surface area contributed by atoms with Gasteiger partial charge in [0, 0.05) is 12.0 Å². The molecule has 2 aromatic carbocycles. The van der Waals surface area contributed by atoms with Crippen molar-refractivity contribution in [3.63, 3.8) is 0 Å². The second kappa shape index (κ2) is 14.8. The predicted octanol–water partition coefficient (Wildman–Crippen LogP) is 4.23. The van der Waals surface area contributed by atoms with Gasteiger partial charge in [0.25, 0.3) is 0 Å². The fraction of sp³-hybridized carbons (Fsp3) is 0.241. The lowest BCUT2D eigenvalue weighted by atomic mass is 10.1. The van der Waals surface area contributed by atoms with Crippen molar-refractivity contribution >= 4 is 35.6 Å². The number of carbonyl (C=O) groups excluding carboxylic acids is 4. The van der Waals surface area contributed by atoms with E-state index in [1.165, 1.54) is 25.1 Å². The molecule has 0 aliphatic heterocycles. The number of rotatable bonds is 15. The summed E-state index contributed by atoms with van der Waals surface area (Å²) < 4.78 is 20.5. The Hall–Kier alpha value is -5.26. The fourth-order valence-electron chi connectivity index (χ4n) is 3.18. The molecule has 0 bridgehead atoms. The number of hydrogen-bond acceptors (Lipinski definition) is 10. The van der Waals surface area contributed by atoms with Crippen molar-refractivity contribution in [3.05, 3.63) is 83.0 Å². The Kier molecular flexibility index (Phi) is 11.5. The summed E-state index contributed by atoms with van der Waals surface area (Å²) >= 11 is 0. The monoisotopic (exact) mass is 568 g/mol. The van der Waals surface area contributed by atoms with E-state index in [1.807, 2.05) is 0 Å². The van der Waals surface area contributed by atoms with Crippen LogP contribution in [-0.4, -0.2) is 65.7 Å². The van der Waals surface area contributed by atoms with Crippen LogP contribution in [0.4, 0.5) is 0 Å². The number of hydrogen-bond donors (Lipinski definition) is 2. The Morgan fingerprint density at radius 2 is 1.17 bits per heavy atom. The number of aromatic carboxylic acids is 2. The zero-order valence-corrected chi connectivity index (χ0v) is 22.4. The summed E-state index contributed by atoms with van der Waals surface area (Å²) in [4.78, 5) is 71.4. The number of benzene rings is 2. The molecular formula is C29H28O12. The van der Waals surface area contributed by atoms with E-state index in [0.29, 0.717) is 5.57 Å². The Labute approximate surface area is 234 Å². The van der Waals surface area contributed by atoms with E-state index in [0.717, 1.165) is 18.2 Å². The fourth-order valence-corrected chi connectivity index (χ4v) is 3.18. The van der Waals surface area contributed by atoms with Gasteiger partial charge < -0.3 is 29.2 Å². The first kappa shape index (κ1) is 32.0. The lowest BCUT2D eigenvalue weighted by Crippen LogP contribution is -2.16. The third-order valence-electron chi connectivity index (χ3n) is 5.27. The average molecular weight is 569 g/mol. The van der Waals surface area contributed by atoms with Gasteiger partial charge in [0.05, 0.1) is 28.9 Å². The normalized spacial score (nSPS) is 10.2. The van der Waals surface area contributed by atoms with Crippen molar-refractivity contribution in [3.8, 4) is 11.5 Å². The molecule has 0 unspecified atom stereocenters. The smallest absolute Gasteiger partial charge is 0.339 e. The molecule has 0 amide bonds. The molecular weight excluding hydrogens is 540 g/mol. The standard InChI is InChI=1S/C29H28O12/c1-16(2)24(30)6-5-11-38-28(36)21-10-8-18(14-22(21)26(33)34)41-19-7-9-20(25(31)32)23(15-19)29(37)40-13-12-39-27(35)17(3)4/h7-10,14-15H,1,3,5-6,11-13H2,2,4H3,(H,31,32)(H,33,34). The number of carboxylic acids is 2. The van der Waals surface area contributed by atoms with Crippen LogP contribution in [0.15, 0.2) is 60.7 Å². The van der Waals surface area contributed by atoms with Gasteiger partial charge in [-0.05, 0) is 62.2 Å². The lowest BCUT2D eigenvalue weighted by molar-refractivity contribution is -0.140. The van der Waals surface area contributed by atoms with E-state index in [9.17, 15) is 39.0 Å². The Balaban J connectivity index is 2.16. The molecule has 0 heterocycles. The molecule has 0 atom stereocenters. The highest BCUT2D eigenvalue weighted by Gasteiger charge is 2.22. The van der Waals surface area contributed by atoms with Gasteiger partial charge in [-0.3, -0.25) is 4.79 Å². The Bertz CT molecular complexity index is 1400. The number of ether oxygens (including phenoxy) is 4. The first-order valence-electron chi connectivity index (χ1n) is 12.1. The van der Waals surface area contributed by atoms with Crippen molar-refractivity contribution in [2.24, 2.45) is 0 Å². The maximum absolute atomic E-state index is 12.5. The van der Waals surface area contributed by atoms with Gasteiger partial charge in [0.2, 0.25) is 0 Å². The third kappa shape index (κ3) is 9.46. The van der Waals surface area contributed by atoms with Gasteiger partial charge in [-0.25, -0.2) is 24.0 Å². The highest BCUT2D eigenvalue weighted by atomic mass is 16.6. The van der Waals surface area contributed by atoms with E-state index in [4.69, 9.17) is 18.9 Å². The number of esters is 3. The molecule has 2 rings (SSSR count). The van der Waals surface area contributed by atoms with Gasteiger partial charge in [0.15, 0.2) is 5.78 Å². The number of Topliss-reactive ketones (excluding diaryl/α,β-unsaturated/α-hetero) is 1. The summed E-state index contributed by atoms with van der Waals surface area (Å²) in [6.07, 6.45) is 0.359. The third-order valence-corrected chi connectivity index (χ3v) is 5.27. The molecule has 0 saturated heterocycles. The molecule has 41 heavy (non-hydrogen) atoms. The van der Waals surface area contributed by atoms with E-state index in [2.05, 4.69) is 13.2 Å². The van der Waals surface area contributed by atoms with E-state index >= 15 is 0 Å². The molecule has 0 fully saturated rings. The molecule has 0 saturated carbocycles. The molecule has 216 valence electrons. The van der Waals surface area contributed by atoms with Crippen LogP contribution in [0.1, 0.15) is 68.1 Å². The van der Waals surface area contributed by atoms with Crippen LogP contribution in [0.2, 0.25) is 0 Å². The van der Waals surface area contributed by atoms with E-state index in [1.54, 1.807) is 6.92 Å². The van der Waals surface area contributed by atoms with Crippen LogP contribution in [-0.2, 0) is 23.8 Å². The van der Waals surface area contributed by atoms with Gasteiger partial charge in [-0.2, -0.15) is 0 Å². The number of carboxylic acid groups (broad SMARTS) is 2. The summed E-state index contributed by atoms with van der Waals surface area (Å²) in [7, 11) is 0. The van der Waals surface area contributed by atoms with Crippen molar-refractivity contribution in [1.82, 2.24) is 0 Å². The number of allylic oxidation sites excluding steroid dienone is 1. The van der Waals surface area contributed by atoms with Crippen LogP contribution in [0.3, 0.4) is 0 Å². The second-order valence-electron chi connectivity index (χ2n) is 8.62. The van der Waals surface area contributed by atoms with Crippen LogP contribution >= 0.6 is 0 Å². The highest BCUT2D eigenvalue weighted by molar-refractivity contribution is 6.03. The van der Waals surface area contributed by atoms with E-state index in [-0.39, 0.29) is 66.6 Å². The Morgan fingerprint density at radius 3 is 1.73 bits per heavy atom. The molecule has 0 aromatic heterocycles. The van der Waals surface area contributed by atoms with Crippen LogP contribution in [0.5, 0.6) is 11.5 Å². The van der Waals surface area contributed by atoms with Crippen molar-refractivity contribution in [1.29, 1.82) is 0 Å². The predicted molar refractivity (Wildman–Crippen MR) is 142 cm³/mol. The van der Waals surface area contributed by atoms with Gasteiger partial charge >= 0.3 is 29.8 Å². The summed E-state index contributed by atoms with van der Waals surface area (Å²) in [5.41, 5.74) is -0.924. The first-order chi connectivity index (χ1) is 19.3. The maximum atomic E-state index is 12.5. The quantitative estimate of drug-likeness (QED) is 0.135. The molecule has 0 spiro atoms. The Morgan fingerprint density at radius 1 is 0.659 bits per heavy atom. The maximum Gasteiger partial charge on any atom is 0.339 e. The molecule has 12 heteroatoms. The zero-order chi connectivity index (χ0) is 30.7. The lowest BCUT2D eigenvalue weighted by Gasteiger charge is -2.12. The first-order valence-corrected chi connectivity index (χ1v) is 12.1. The largest absolute Gasteiger partial charge is 0.478 e. The molecule has 2 N–H and O–H groups in total. The number of ketones is 1. The molecule has 0 radical (unpaired) electrons. The average Bonchev–Trinajstić information content (AvgIpc) is 2.92. The van der Waals surface area contributed by atoms with Crippen LogP contribution < -0.4 is 4.74 Å². The number of carbonyl (C=O) groups is 6. The second-order valence-corrected chi connectivity index (χ2v) is 8.62. The van der Waals surface area contributed by atoms with Gasteiger partial charge in [-0.15, -0.1) is 0 Å². The minimum atomic E-state index is -1.45. The van der Waals surface area contributed by atoms with E-state index < -0.39 is 41.0 Å². The summed E-state index contributed by atoms with van der Waals surface area (Å²) in [6.45, 7) is 9.21. The van der Waals surface area contributed by atoms with Crippen molar-refractivity contribution in [2.45, 2.75) is 26.7 Å². The van der Waals surface area contributed by atoms with Gasteiger partial charge in [0.1, 0.15) is 24.7 Å². The molecule has 0 aliphatic rings. The highest BCUT2D eigenvalue weighted by Crippen LogP contribution is 2.27. The summed E-state index contributed by atoms with van der Waals surface area (Å²) in [5, 5.41) is 19.1. The minimum absolute atomic E-state index is 0.0375. The summed E-state index contributed by atoms with van der Waals surface area (Å²) in [6, 6.07) is 6.94.